The fraction of sp³-hybridized carbons (Fsp3) is 0.571. The zero-order valence-corrected chi connectivity index (χ0v) is 10.5. The number of aryl methyl sites for hydroxylation is 1. The van der Waals surface area contributed by atoms with Gasteiger partial charge < -0.3 is 4.74 Å². The number of benzene rings is 1. The van der Waals surface area contributed by atoms with E-state index in [0.29, 0.717) is 0 Å². The van der Waals surface area contributed by atoms with Crippen molar-refractivity contribution in [3.05, 3.63) is 35.4 Å². The summed E-state index contributed by atoms with van der Waals surface area (Å²) in [5.41, 5.74) is 5.50. The Morgan fingerprint density at radius 2 is 2.18 bits per heavy atom. The molecule has 1 saturated heterocycles. The van der Waals surface area contributed by atoms with E-state index in [0.717, 1.165) is 25.9 Å². The zero-order chi connectivity index (χ0) is 12.1. The van der Waals surface area contributed by atoms with Crippen LogP contribution >= 0.6 is 0 Å². The van der Waals surface area contributed by atoms with Gasteiger partial charge in [0.25, 0.3) is 0 Å². The Balaban J connectivity index is 2.07. The molecule has 0 aliphatic carbocycles. The van der Waals surface area contributed by atoms with Gasteiger partial charge >= 0.3 is 0 Å². The van der Waals surface area contributed by atoms with Gasteiger partial charge in [-0.25, -0.2) is 0 Å². The number of hydrogen-bond donors (Lipinski definition) is 2. The van der Waals surface area contributed by atoms with Gasteiger partial charge in [0.1, 0.15) is 0 Å². The highest BCUT2D eigenvalue weighted by Crippen LogP contribution is 2.26. The summed E-state index contributed by atoms with van der Waals surface area (Å²) >= 11 is 0. The van der Waals surface area contributed by atoms with Crippen molar-refractivity contribution in [3.8, 4) is 0 Å². The van der Waals surface area contributed by atoms with Crippen LogP contribution in [0.3, 0.4) is 0 Å². The fourth-order valence-electron chi connectivity index (χ4n) is 2.46. The summed E-state index contributed by atoms with van der Waals surface area (Å²) in [6, 6.07) is 8.83. The molecule has 0 aromatic heterocycles. The van der Waals surface area contributed by atoms with Gasteiger partial charge in [0.2, 0.25) is 0 Å². The van der Waals surface area contributed by atoms with Crippen LogP contribution in [0.4, 0.5) is 0 Å². The third-order valence-electron chi connectivity index (χ3n) is 3.39. The molecule has 1 aliphatic heterocycles. The predicted molar refractivity (Wildman–Crippen MR) is 69.5 cm³/mol. The smallest absolute Gasteiger partial charge is 0.0783 e. The van der Waals surface area contributed by atoms with E-state index in [-0.39, 0.29) is 12.1 Å². The molecule has 0 amide bonds. The maximum absolute atomic E-state index is 5.70. The maximum atomic E-state index is 5.70. The lowest BCUT2D eigenvalue weighted by Gasteiger charge is -2.22. The molecule has 3 nitrogen and oxygen atoms in total. The third kappa shape index (κ3) is 3.06. The molecule has 2 rings (SSSR count). The van der Waals surface area contributed by atoms with E-state index in [1.807, 2.05) is 0 Å². The minimum absolute atomic E-state index is 0.119. The van der Waals surface area contributed by atoms with Crippen molar-refractivity contribution < 1.29 is 4.74 Å². The molecular formula is C14H22N2O. The van der Waals surface area contributed by atoms with Gasteiger partial charge in [-0.1, -0.05) is 37.6 Å². The summed E-state index contributed by atoms with van der Waals surface area (Å²) in [6.07, 6.45) is 4.77. The van der Waals surface area contributed by atoms with Crippen molar-refractivity contribution in [1.82, 2.24) is 5.43 Å². The van der Waals surface area contributed by atoms with Gasteiger partial charge in [-0.15, -0.1) is 0 Å². The van der Waals surface area contributed by atoms with E-state index in [1.54, 1.807) is 0 Å². The summed E-state index contributed by atoms with van der Waals surface area (Å²) in [4.78, 5) is 0. The first-order valence-electron chi connectivity index (χ1n) is 6.51. The Kier molecular flexibility index (Phi) is 4.54. The first kappa shape index (κ1) is 12.6. The second kappa shape index (κ2) is 6.15. The largest absolute Gasteiger partial charge is 0.376 e. The van der Waals surface area contributed by atoms with Crippen LogP contribution in [-0.2, 0) is 11.2 Å². The van der Waals surface area contributed by atoms with Gasteiger partial charge in [0.05, 0.1) is 12.1 Å². The molecule has 0 bridgehead atoms. The molecule has 3 heteroatoms. The van der Waals surface area contributed by atoms with Gasteiger partial charge in [-0.3, -0.25) is 11.3 Å². The van der Waals surface area contributed by atoms with E-state index < -0.39 is 0 Å². The molecule has 1 aromatic carbocycles. The molecule has 1 heterocycles. The summed E-state index contributed by atoms with van der Waals surface area (Å²) in [6.45, 7) is 3.06. The van der Waals surface area contributed by atoms with E-state index in [2.05, 4.69) is 36.6 Å². The molecule has 1 fully saturated rings. The quantitative estimate of drug-likeness (QED) is 0.607. The van der Waals surface area contributed by atoms with Crippen LogP contribution in [-0.4, -0.2) is 12.7 Å². The maximum Gasteiger partial charge on any atom is 0.0783 e. The van der Waals surface area contributed by atoms with Gasteiger partial charge in [0.15, 0.2) is 0 Å². The Morgan fingerprint density at radius 3 is 2.71 bits per heavy atom. The molecule has 0 radical (unpaired) electrons. The van der Waals surface area contributed by atoms with Crippen molar-refractivity contribution in [3.63, 3.8) is 0 Å². The van der Waals surface area contributed by atoms with Crippen molar-refractivity contribution in [2.45, 2.75) is 44.8 Å². The fourth-order valence-corrected chi connectivity index (χ4v) is 2.46. The number of hydrazine groups is 1. The zero-order valence-electron chi connectivity index (χ0n) is 10.5. The minimum Gasteiger partial charge on any atom is -0.376 e. The van der Waals surface area contributed by atoms with Gasteiger partial charge in [-0.05, 0) is 30.4 Å². The van der Waals surface area contributed by atoms with E-state index in [9.17, 15) is 0 Å². The number of nitrogens with two attached hydrogens (primary N) is 1. The molecule has 17 heavy (non-hydrogen) atoms. The van der Waals surface area contributed by atoms with Gasteiger partial charge in [-0.2, -0.15) is 0 Å². The van der Waals surface area contributed by atoms with Gasteiger partial charge in [0, 0.05) is 6.61 Å². The van der Waals surface area contributed by atoms with Crippen LogP contribution in [0.2, 0.25) is 0 Å². The molecule has 0 spiro atoms. The Hall–Kier alpha value is -0.900. The Morgan fingerprint density at radius 1 is 1.41 bits per heavy atom. The third-order valence-corrected chi connectivity index (χ3v) is 3.39. The summed E-state index contributed by atoms with van der Waals surface area (Å²) in [5.74, 6) is 5.65. The lowest BCUT2D eigenvalue weighted by atomic mass is 9.98. The molecule has 94 valence electrons. The Bertz CT molecular complexity index is 331. The highest BCUT2D eigenvalue weighted by Gasteiger charge is 2.26. The second-order valence-corrected chi connectivity index (χ2v) is 4.69. The van der Waals surface area contributed by atoms with Crippen molar-refractivity contribution in [2.24, 2.45) is 5.84 Å². The van der Waals surface area contributed by atoms with E-state index in [1.165, 1.54) is 17.5 Å². The number of nitrogens with one attached hydrogen (secondary N) is 1. The van der Waals surface area contributed by atoms with Crippen molar-refractivity contribution in [2.75, 3.05) is 6.61 Å². The summed E-state index contributed by atoms with van der Waals surface area (Å²) in [5, 5.41) is 0. The van der Waals surface area contributed by atoms with E-state index in [4.69, 9.17) is 10.6 Å². The van der Waals surface area contributed by atoms with Crippen molar-refractivity contribution in [1.29, 1.82) is 0 Å². The van der Waals surface area contributed by atoms with E-state index >= 15 is 0 Å². The molecular weight excluding hydrogens is 212 g/mol. The molecule has 1 aliphatic rings. The lowest BCUT2D eigenvalue weighted by molar-refractivity contribution is 0.0783. The first-order valence-corrected chi connectivity index (χ1v) is 6.51. The lowest BCUT2D eigenvalue weighted by Crippen LogP contribution is -2.36. The second-order valence-electron chi connectivity index (χ2n) is 4.69. The van der Waals surface area contributed by atoms with Crippen LogP contribution < -0.4 is 11.3 Å². The topological polar surface area (TPSA) is 47.3 Å². The van der Waals surface area contributed by atoms with Crippen LogP contribution in [0.15, 0.2) is 24.3 Å². The van der Waals surface area contributed by atoms with Crippen LogP contribution in [0.25, 0.3) is 0 Å². The van der Waals surface area contributed by atoms with Crippen molar-refractivity contribution >= 4 is 0 Å². The monoisotopic (exact) mass is 234 g/mol. The highest BCUT2D eigenvalue weighted by molar-refractivity contribution is 5.26. The molecule has 0 saturated carbocycles. The minimum atomic E-state index is 0.119. The molecule has 1 aromatic rings. The molecule has 2 unspecified atom stereocenters. The number of rotatable bonds is 5. The number of ether oxygens (including phenoxy) is 1. The molecule has 2 atom stereocenters. The van der Waals surface area contributed by atoms with Crippen LogP contribution in [0.5, 0.6) is 0 Å². The number of hydrogen-bond acceptors (Lipinski definition) is 3. The normalized spacial score (nSPS) is 21.6. The predicted octanol–water partition coefficient (Wildman–Crippen LogP) is 2.32. The summed E-state index contributed by atoms with van der Waals surface area (Å²) < 4.78 is 5.70. The SMILES string of the molecule is CCCc1ccc(C(NN)C2CCCO2)cc1. The standard InChI is InChI=1S/C14H22N2O/c1-2-4-11-6-8-12(9-7-11)14(16-15)13-5-3-10-17-13/h6-9,13-14,16H,2-5,10,15H2,1H3. The first-order chi connectivity index (χ1) is 8.35. The van der Waals surface area contributed by atoms with Crippen LogP contribution in [0.1, 0.15) is 43.4 Å². The average Bonchev–Trinajstić information content (AvgIpc) is 2.86. The van der Waals surface area contributed by atoms with Crippen LogP contribution in [0, 0.1) is 0 Å². The molecule has 3 N–H and O–H groups in total. The average molecular weight is 234 g/mol. The summed E-state index contributed by atoms with van der Waals surface area (Å²) in [7, 11) is 0. The highest BCUT2D eigenvalue weighted by atomic mass is 16.5. The Labute approximate surface area is 103 Å².